The molecule has 0 radical (unpaired) electrons. The molecule has 0 aromatic heterocycles. The lowest BCUT2D eigenvalue weighted by Gasteiger charge is -2.49. The van der Waals surface area contributed by atoms with Crippen molar-refractivity contribution in [3.05, 3.63) is 34.9 Å². The minimum atomic E-state index is -0.145. The highest BCUT2D eigenvalue weighted by atomic mass is 16.5. The van der Waals surface area contributed by atoms with Crippen LogP contribution in [0.5, 0.6) is 0 Å². The predicted octanol–water partition coefficient (Wildman–Crippen LogP) is 3.19. The molecule has 1 aliphatic heterocycles. The van der Waals surface area contributed by atoms with Crippen molar-refractivity contribution < 1.29 is 4.74 Å². The van der Waals surface area contributed by atoms with E-state index >= 15 is 0 Å². The van der Waals surface area contributed by atoms with E-state index in [0.29, 0.717) is 6.54 Å². The monoisotopic (exact) mass is 290 g/mol. The Kier molecular flexibility index (Phi) is 4.48. The Morgan fingerprint density at radius 3 is 1.95 bits per heavy atom. The van der Waals surface area contributed by atoms with Gasteiger partial charge in [-0.25, -0.2) is 0 Å². The molecule has 1 aromatic carbocycles. The van der Waals surface area contributed by atoms with E-state index in [1.54, 1.807) is 0 Å². The third-order valence-corrected chi connectivity index (χ3v) is 4.01. The number of ether oxygens (including phenoxy) is 1. The Hall–Kier alpha value is -0.900. The normalized spacial score (nSPS) is 23.0. The molecule has 2 rings (SSSR count). The first kappa shape index (κ1) is 16.5. The van der Waals surface area contributed by atoms with E-state index < -0.39 is 0 Å². The zero-order valence-corrected chi connectivity index (χ0v) is 14.4. The molecule has 0 amide bonds. The van der Waals surface area contributed by atoms with Crippen LogP contribution in [-0.4, -0.2) is 35.7 Å². The zero-order valence-electron chi connectivity index (χ0n) is 14.4. The second kappa shape index (κ2) is 5.71. The molecule has 0 bridgehead atoms. The number of nitrogens with zero attached hydrogens (tertiary/aromatic N) is 1. The molecule has 0 saturated carbocycles. The fraction of sp³-hybridized carbons (Fsp3) is 0.667. The highest BCUT2D eigenvalue weighted by Crippen LogP contribution is 2.33. The molecule has 1 fully saturated rings. The highest BCUT2D eigenvalue weighted by Gasteiger charge is 2.40. The zero-order chi connectivity index (χ0) is 15.8. The first-order valence-electron chi connectivity index (χ1n) is 7.84. The van der Waals surface area contributed by atoms with E-state index in [2.05, 4.69) is 64.6 Å². The van der Waals surface area contributed by atoms with Crippen LogP contribution in [0.1, 0.15) is 50.4 Å². The van der Waals surface area contributed by atoms with E-state index in [4.69, 9.17) is 10.5 Å². The summed E-state index contributed by atoms with van der Waals surface area (Å²) in [6.07, 6.45) is 0. The van der Waals surface area contributed by atoms with Crippen LogP contribution >= 0.6 is 0 Å². The third kappa shape index (κ3) is 4.06. The van der Waals surface area contributed by atoms with Gasteiger partial charge in [-0.05, 0) is 47.1 Å². The third-order valence-electron chi connectivity index (χ3n) is 4.01. The number of rotatable bonds is 3. The number of benzene rings is 1. The Labute approximate surface area is 129 Å². The molecule has 118 valence electrons. The minimum Gasteiger partial charge on any atom is -0.367 e. The van der Waals surface area contributed by atoms with Crippen molar-refractivity contribution in [1.82, 2.24) is 4.90 Å². The molecule has 3 nitrogen and oxygen atoms in total. The van der Waals surface area contributed by atoms with Gasteiger partial charge in [0.1, 0.15) is 0 Å². The van der Waals surface area contributed by atoms with Crippen molar-refractivity contribution in [3.63, 3.8) is 0 Å². The number of morpholine rings is 1. The second-order valence-electron chi connectivity index (χ2n) is 7.70. The molecule has 1 aromatic rings. The van der Waals surface area contributed by atoms with Crippen molar-refractivity contribution in [2.45, 2.75) is 58.8 Å². The quantitative estimate of drug-likeness (QED) is 0.929. The molecular weight excluding hydrogens is 260 g/mol. The number of hydrogen-bond donors (Lipinski definition) is 1. The van der Waals surface area contributed by atoms with Crippen molar-refractivity contribution in [2.24, 2.45) is 5.73 Å². The van der Waals surface area contributed by atoms with Gasteiger partial charge in [0.2, 0.25) is 0 Å². The molecule has 1 unspecified atom stereocenters. The summed E-state index contributed by atoms with van der Waals surface area (Å²) in [6.45, 7) is 15.4. The van der Waals surface area contributed by atoms with Crippen LogP contribution in [0.3, 0.4) is 0 Å². The Balaban J connectivity index is 2.32. The fourth-order valence-electron chi connectivity index (χ4n) is 3.77. The van der Waals surface area contributed by atoms with Gasteiger partial charge in [0.25, 0.3) is 0 Å². The summed E-state index contributed by atoms with van der Waals surface area (Å²) in [4.78, 5) is 2.48. The summed E-state index contributed by atoms with van der Waals surface area (Å²) in [7, 11) is 0. The van der Waals surface area contributed by atoms with E-state index in [-0.39, 0.29) is 17.2 Å². The maximum absolute atomic E-state index is 6.19. The first-order valence-corrected chi connectivity index (χ1v) is 7.84. The van der Waals surface area contributed by atoms with Gasteiger partial charge < -0.3 is 10.5 Å². The average molecular weight is 290 g/mol. The summed E-state index contributed by atoms with van der Waals surface area (Å²) >= 11 is 0. The van der Waals surface area contributed by atoms with Crippen LogP contribution in [0.15, 0.2) is 18.2 Å². The van der Waals surface area contributed by atoms with Crippen molar-refractivity contribution in [2.75, 3.05) is 19.6 Å². The van der Waals surface area contributed by atoms with Gasteiger partial charge in [0.15, 0.2) is 0 Å². The lowest BCUT2D eigenvalue weighted by Crippen LogP contribution is -2.58. The molecule has 0 aliphatic carbocycles. The van der Waals surface area contributed by atoms with Crippen LogP contribution < -0.4 is 5.73 Å². The van der Waals surface area contributed by atoms with Gasteiger partial charge in [-0.3, -0.25) is 4.90 Å². The number of nitrogens with two attached hydrogens (primary N) is 1. The Morgan fingerprint density at radius 2 is 1.52 bits per heavy atom. The maximum Gasteiger partial charge on any atom is 0.0761 e. The van der Waals surface area contributed by atoms with Crippen molar-refractivity contribution in [1.29, 1.82) is 0 Å². The second-order valence-corrected chi connectivity index (χ2v) is 7.70. The van der Waals surface area contributed by atoms with E-state index in [1.165, 1.54) is 16.7 Å². The topological polar surface area (TPSA) is 38.5 Å². The highest BCUT2D eigenvalue weighted by molar-refractivity contribution is 5.31. The summed E-state index contributed by atoms with van der Waals surface area (Å²) in [5.41, 5.74) is 9.77. The van der Waals surface area contributed by atoms with Gasteiger partial charge in [-0.1, -0.05) is 29.3 Å². The summed E-state index contributed by atoms with van der Waals surface area (Å²) in [5.74, 6) is 0. The maximum atomic E-state index is 6.19. The summed E-state index contributed by atoms with van der Waals surface area (Å²) in [6, 6.07) is 7.00. The van der Waals surface area contributed by atoms with Gasteiger partial charge in [-0.15, -0.1) is 0 Å². The first-order chi connectivity index (χ1) is 9.62. The van der Waals surface area contributed by atoms with E-state index in [0.717, 1.165) is 13.1 Å². The lowest BCUT2D eigenvalue weighted by atomic mass is 9.94. The number of aryl methyl sites for hydroxylation is 2. The van der Waals surface area contributed by atoms with Gasteiger partial charge in [0.05, 0.1) is 11.2 Å². The largest absolute Gasteiger partial charge is 0.367 e. The molecule has 3 heteroatoms. The van der Waals surface area contributed by atoms with Crippen LogP contribution in [-0.2, 0) is 4.74 Å². The molecule has 1 saturated heterocycles. The summed E-state index contributed by atoms with van der Waals surface area (Å²) < 4.78 is 6.19. The molecule has 1 heterocycles. The van der Waals surface area contributed by atoms with Crippen LogP contribution in [0.2, 0.25) is 0 Å². The van der Waals surface area contributed by atoms with Gasteiger partial charge in [0, 0.05) is 25.7 Å². The molecule has 1 atom stereocenters. The van der Waals surface area contributed by atoms with Crippen molar-refractivity contribution in [3.8, 4) is 0 Å². The Bertz CT molecular complexity index is 472. The fourth-order valence-corrected chi connectivity index (χ4v) is 3.77. The molecule has 21 heavy (non-hydrogen) atoms. The van der Waals surface area contributed by atoms with Gasteiger partial charge in [-0.2, -0.15) is 0 Å². The average Bonchev–Trinajstić information content (AvgIpc) is 2.23. The van der Waals surface area contributed by atoms with Crippen LogP contribution in [0, 0.1) is 13.8 Å². The van der Waals surface area contributed by atoms with Crippen LogP contribution in [0.25, 0.3) is 0 Å². The van der Waals surface area contributed by atoms with E-state index in [9.17, 15) is 0 Å². The predicted molar refractivity (Wildman–Crippen MR) is 88.5 cm³/mol. The van der Waals surface area contributed by atoms with Gasteiger partial charge >= 0.3 is 0 Å². The molecule has 0 spiro atoms. The lowest BCUT2D eigenvalue weighted by molar-refractivity contribution is -0.187. The van der Waals surface area contributed by atoms with Crippen molar-refractivity contribution >= 4 is 0 Å². The summed E-state index contributed by atoms with van der Waals surface area (Å²) in [5, 5.41) is 0. The SMILES string of the molecule is Cc1cc(C)cc(C(CN)N2CC(C)(C)OC(C)(C)C2)c1. The minimum absolute atomic E-state index is 0.145. The van der Waals surface area contributed by atoms with Crippen LogP contribution in [0.4, 0.5) is 0 Å². The van der Waals surface area contributed by atoms with E-state index in [1.807, 2.05) is 0 Å². The molecule has 1 aliphatic rings. The molecule has 2 N–H and O–H groups in total. The standard InChI is InChI=1S/C18H30N2O/c1-13-7-14(2)9-15(8-13)16(10-19)20-11-17(3,4)21-18(5,6)12-20/h7-9,16H,10-12,19H2,1-6H3. The smallest absolute Gasteiger partial charge is 0.0761 e. The number of hydrogen-bond acceptors (Lipinski definition) is 3. The molecular formula is C18H30N2O. The Morgan fingerprint density at radius 1 is 1.05 bits per heavy atom.